The Morgan fingerprint density at radius 2 is 2.00 bits per heavy atom. The number of hydrogen-bond acceptors (Lipinski definition) is 2. The van der Waals surface area contributed by atoms with E-state index in [1.165, 1.54) is 11.1 Å². The van der Waals surface area contributed by atoms with Crippen molar-refractivity contribution < 1.29 is 0 Å². The first kappa shape index (κ1) is 14.1. The van der Waals surface area contributed by atoms with E-state index in [4.69, 9.17) is 5.73 Å². The Labute approximate surface area is 122 Å². The number of aromatic nitrogens is 2. The van der Waals surface area contributed by atoms with Gasteiger partial charge in [-0.05, 0) is 28.4 Å². The van der Waals surface area contributed by atoms with Crippen molar-refractivity contribution in [2.45, 2.75) is 39.7 Å². The quantitative estimate of drug-likeness (QED) is 0.912. The number of nitrogens with zero attached hydrogens (tertiary/aromatic N) is 2. The molecule has 2 aromatic rings. The molecule has 1 aromatic heterocycles. The van der Waals surface area contributed by atoms with Crippen LogP contribution in [0.2, 0.25) is 0 Å². The minimum Gasteiger partial charge on any atom is -0.383 e. The molecule has 0 fully saturated rings. The number of nitrogens with two attached hydrogens (primary N) is 1. The number of nitrogen functional groups attached to an aromatic ring is 1. The van der Waals surface area contributed by atoms with E-state index in [1.54, 1.807) is 0 Å². The fourth-order valence-electron chi connectivity index (χ4n) is 2.04. The molecule has 0 spiro atoms. The Hall–Kier alpha value is -1.29. The summed E-state index contributed by atoms with van der Waals surface area (Å²) in [6.07, 6.45) is 0. The van der Waals surface area contributed by atoms with Gasteiger partial charge in [0.2, 0.25) is 0 Å². The van der Waals surface area contributed by atoms with Gasteiger partial charge in [0.1, 0.15) is 5.82 Å². The minimum absolute atomic E-state index is 0.0230. The first-order valence-corrected chi connectivity index (χ1v) is 7.16. The molecule has 0 aliphatic rings. The number of halogens is 1. The lowest BCUT2D eigenvalue weighted by Gasteiger charge is -2.15. The molecule has 0 bridgehead atoms. The maximum atomic E-state index is 6.14. The van der Waals surface area contributed by atoms with E-state index < -0.39 is 0 Å². The second-order valence-electron chi connectivity index (χ2n) is 5.94. The highest BCUT2D eigenvalue weighted by molar-refractivity contribution is 9.10. The molecule has 0 aliphatic carbocycles. The summed E-state index contributed by atoms with van der Waals surface area (Å²) in [7, 11) is 0. The van der Waals surface area contributed by atoms with Gasteiger partial charge in [-0.2, -0.15) is 5.10 Å². The smallest absolute Gasteiger partial charge is 0.136 e. The summed E-state index contributed by atoms with van der Waals surface area (Å²) in [6, 6.07) is 8.40. The van der Waals surface area contributed by atoms with Crippen LogP contribution < -0.4 is 5.73 Å². The SMILES string of the molecule is Cc1cccc(Cn2nc(C(C)(C)C)c(Br)c2N)c1. The Morgan fingerprint density at radius 3 is 2.53 bits per heavy atom. The third-order valence-electron chi connectivity index (χ3n) is 3.06. The average Bonchev–Trinajstić information content (AvgIpc) is 2.57. The average molecular weight is 322 g/mol. The summed E-state index contributed by atoms with van der Waals surface area (Å²) in [5, 5.41) is 4.65. The predicted molar refractivity (Wildman–Crippen MR) is 83.3 cm³/mol. The number of aryl methyl sites for hydroxylation is 1. The van der Waals surface area contributed by atoms with Gasteiger partial charge in [0.15, 0.2) is 0 Å². The molecule has 2 N–H and O–H groups in total. The van der Waals surface area contributed by atoms with Crippen LogP contribution in [0, 0.1) is 6.92 Å². The van der Waals surface area contributed by atoms with Crippen LogP contribution in [0.3, 0.4) is 0 Å². The van der Waals surface area contributed by atoms with Gasteiger partial charge in [0.25, 0.3) is 0 Å². The molecule has 1 heterocycles. The molecular weight excluding hydrogens is 302 g/mol. The van der Waals surface area contributed by atoms with Gasteiger partial charge in [-0.1, -0.05) is 50.6 Å². The lowest BCUT2D eigenvalue weighted by molar-refractivity contribution is 0.544. The van der Waals surface area contributed by atoms with Crippen LogP contribution in [0.5, 0.6) is 0 Å². The van der Waals surface area contributed by atoms with E-state index in [0.29, 0.717) is 12.4 Å². The van der Waals surface area contributed by atoms with Crippen molar-refractivity contribution in [1.82, 2.24) is 9.78 Å². The highest BCUT2D eigenvalue weighted by atomic mass is 79.9. The van der Waals surface area contributed by atoms with Crippen LogP contribution in [0.4, 0.5) is 5.82 Å². The van der Waals surface area contributed by atoms with Crippen molar-refractivity contribution in [1.29, 1.82) is 0 Å². The summed E-state index contributed by atoms with van der Waals surface area (Å²) < 4.78 is 2.77. The molecule has 19 heavy (non-hydrogen) atoms. The second kappa shape index (κ2) is 5.00. The van der Waals surface area contributed by atoms with E-state index in [1.807, 2.05) is 4.68 Å². The molecule has 1 aromatic carbocycles. The van der Waals surface area contributed by atoms with E-state index in [2.05, 4.69) is 73.0 Å². The number of hydrogen-bond donors (Lipinski definition) is 1. The van der Waals surface area contributed by atoms with Crippen molar-refractivity contribution in [3.63, 3.8) is 0 Å². The van der Waals surface area contributed by atoms with Crippen molar-refractivity contribution in [3.05, 3.63) is 45.6 Å². The Kier molecular flexibility index (Phi) is 3.72. The fourth-order valence-corrected chi connectivity index (χ4v) is 2.92. The summed E-state index contributed by atoms with van der Waals surface area (Å²) >= 11 is 3.56. The van der Waals surface area contributed by atoms with Gasteiger partial charge in [-0.25, -0.2) is 4.68 Å². The normalized spacial score (nSPS) is 11.8. The summed E-state index contributed by atoms with van der Waals surface area (Å²) in [6.45, 7) is 9.19. The lowest BCUT2D eigenvalue weighted by Crippen LogP contribution is -2.14. The zero-order valence-electron chi connectivity index (χ0n) is 11.9. The molecule has 3 nitrogen and oxygen atoms in total. The van der Waals surface area contributed by atoms with Gasteiger partial charge >= 0.3 is 0 Å². The molecular formula is C15H20BrN3. The van der Waals surface area contributed by atoms with Crippen LogP contribution in [-0.2, 0) is 12.0 Å². The van der Waals surface area contributed by atoms with Crippen LogP contribution in [0.15, 0.2) is 28.7 Å². The second-order valence-corrected chi connectivity index (χ2v) is 6.74. The Morgan fingerprint density at radius 1 is 1.32 bits per heavy atom. The van der Waals surface area contributed by atoms with Crippen molar-refractivity contribution >= 4 is 21.7 Å². The van der Waals surface area contributed by atoms with E-state index >= 15 is 0 Å². The topological polar surface area (TPSA) is 43.8 Å². The van der Waals surface area contributed by atoms with E-state index in [9.17, 15) is 0 Å². The molecule has 0 saturated heterocycles. The Bertz CT molecular complexity index is 594. The maximum absolute atomic E-state index is 6.14. The number of rotatable bonds is 2. The number of benzene rings is 1. The minimum atomic E-state index is -0.0230. The highest BCUT2D eigenvalue weighted by Crippen LogP contribution is 2.33. The summed E-state index contributed by atoms with van der Waals surface area (Å²) in [5.41, 5.74) is 9.57. The molecule has 0 atom stereocenters. The van der Waals surface area contributed by atoms with Gasteiger partial charge in [0, 0.05) is 5.41 Å². The highest BCUT2D eigenvalue weighted by Gasteiger charge is 2.24. The Balaban J connectivity index is 2.37. The first-order chi connectivity index (χ1) is 8.79. The molecule has 2 rings (SSSR count). The van der Waals surface area contributed by atoms with E-state index in [-0.39, 0.29) is 5.41 Å². The van der Waals surface area contributed by atoms with Gasteiger partial charge in [-0.3, -0.25) is 0 Å². The monoisotopic (exact) mass is 321 g/mol. The molecule has 0 radical (unpaired) electrons. The van der Waals surface area contributed by atoms with E-state index in [0.717, 1.165) is 10.2 Å². The van der Waals surface area contributed by atoms with Gasteiger partial charge in [0.05, 0.1) is 16.7 Å². The largest absolute Gasteiger partial charge is 0.383 e. The molecule has 0 saturated carbocycles. The fraction of sp³-hybridized carbons (Fsp3) is 0.400. The third-order valence-corrected chi connectivity index (χ3v) is 3.84. The van der Waals surface area contributed by atoms with Crippen LogP contribution in [-0.4, -0.2) is 9.78 Å². The summed E-state index contributed by atoms with van der Waals surface area (Å²) in [4.78, 5) is 0. The first-order valence-electron chi connectivity index (χ1n) is 6.37. The van der Waals surface area contributed by atoms with Crippen LogP contribution in [0.1, 0.15) is 37.6 Å². The zero-order chi connectivity index (χ0) is 14.2. The van der Waals surface area contributed by atoms with Crippen LogP contribution >= 0.6 is 15.9 Å². The predicted octanol–water partition coefficient (Wildman–Crippen LogP) is 3.88. The van der Waals surface area contributed by atoms with Crippen molar-refractivity contribution in [2.75, 3.05) is 5.73 Å². The summed E-state index contributed by atoms with van der Waals surface area (Å²) in [5.74, 6) is 0.687. The lowest BCUT2D eigenvalue weighted by atomic mass is 9.92. The van der Waals surface area contributed by atoms with Crippen molar-refractivity contribution in [2.24, 2.45) is 0 Å². The van der Waals surface area contributed by atoms with Crippen molar-refractivity contribution in [3.8, 4) is 0 Å². The standard InChI is InChI=1S/C15H20BrN3/c1-10-6-5-7-11(8-10)9-19-14(17)12(16)13(18-19)15(2,3)4/h5-8H,9,17H2,1-4H3. The number of anilines is 1. The third kappa shape index (κ3) is 3.00. The molecule has 4 heteroatoms. The molecule has 0 unspecified atom stereocenters. The maximum Gasteiger partial charge on any atom is 0.136 e. The molecule has 0 amide bonds. The zero-order valence-corrected chi connectivity index (χ0v) is 13.5. The van der Waals surface area contributed by atoms with Crippen LogP contribution in [0.25, 0.3) is 0 Å². The van der Waals surface area contributed by atoms with Gasteiger partial charge in [-0.15, -0.1) is 0 Å². The molecule has 102 valence electrons. The van der Waals surface area contributed by atoms with Gasteiger partial charge < -0.3 is 5.73 Å². The molecule has 0 aliphatic heterocycles.